The van der Waals surface area contributed by atoms with Gasteiger partial charge in [0.25, 0.3) is 0 Å². The summed E-state index contributed by atoms with van der Waals surface area (Å²) in [6, 6.07) is 6.33. The molecule has 2 N–H and O–H groups in total. The van der Waals surface area contributed by atoms with Gasteiger partial charge in [-0.25, -0.2) is 13.1 Å². The summed E-state index contributed by atoms with van der Waals surface area (Å²) in [5.41, 5.74) is 0. The maximum Gasteiger partial charge on any atom is 0.242 e. The van der Waals surface area contributed by atoms with Crippen molar-refractivity contribution < 1.29 is 13.5 Å². The zero-order valence-corrected chi connectivity index (χ0v) is 11.0. The standard InChI is InChI=1S/C11H16ClNO3S/c12-10-6-2-3-7-11(10)17(15,16)13-8-4-1-5-9-14/h2-3,6-7,13-14H,1,4-5,8-9H2. The highest BCUT2D eigenvalue weighted by Crippen LogP contribution is 2.19. The van der Waals surface area contributed by atoms with Crippen LogP contribution >= 0.6 is 11.6 Å². The number of hydrogen-bond acceptors (Lipinski definition) is 3. The first-order chi connectivity index (χ1) is 8.08. The van der Waals surface area contributed by atoms with Gasteiger partial charge < -0.3 is 5.11 Å². The minimum atomic E-state index is -3.52. The number of sulfonamides is 1. The molecule has 17 heavy (non-hydrogen) atoms. The summed E-state index contributed by atoms with van der Waals surface area (Å²) < 4.78 is 26.2. The third-order valence-corrected chi connectivity index (χ3v) is 4.21. The molecule has 0 aliphatic heterocycles. The first-order valence-electron chi connectivity index (χ1n) is 5.43. The Morgan fingerprint density at radius 3 is 2.53 bits per heavy atom. The Hall–Kier alpha value is -0.620. The normalized spacial score (nSPS) is 11.6. The monoisotopic (exact) mass is 277 g/mol. The van der Waals surface area contributed by atoms with Gasteiger partial charge in [-0.15, -0.1) is 0 Å². The van der Waals surface area contributed by atoms with Crippen molar-refractivity contribution in [3.05, 3.63) is 29.3 Å². The second-order valence-corrected chi connectivity index (χ2v) is 5.76. The number of aliphatic hydroxyl groups is 1. The quantitative estimate of drug-likeness (QED) is 0.747. The highest BCUT2D eigenvalue weighted by molar-refractivity contribution is 7.89. The van der Waals surface area contributed by atoms with Crippen LogP contribution in [0.5, 0.6) is 0 Å². The molecule has 1 aromatic carbocycles. The lowest BCUT2D eigenvalue weighted by atomic mass is 10.2. The summed E-state index contributed by atoms with van der Waals surface area (Å²) in [4.78, 5) is 0.101. The third-order valence-electron chi connectivity index (χ3n) is 2.25. The van der Waals surface area contributed by atoms with E-state index >= 15 is 0 Å². The van der Waals surface area contributed by atoms with Gasteiger partial charge >= 0.3 is 0 Å². The predicted octanol–water partition coefficient (Wildman–Crippen LogP) is 1.78. The molecule has 0 atom stereocenters. The van der Waals surface area contributed by atoms with E-state index in [2.05, 4.69) is 4.72 Å². The molecule has 0 saturated heterocycles. The fourth-order valence-electron chi connectivity index (χ4n) is 1.36. The van der Waals surface area contributed by atoms with Crippen molar-refractivity contribution in [2.75, 3.05) is 13.2 Å². The molecular formula is C11H16ClNO3S. The Morgan fingerprint density at radius 1 is 1.18 bits per heavy atom. The molecule has 1 aromatic rings. The first kappa shape index (κ1) is 14.4. The van der Waals surface area contributed by atoms with E-state index in [1.165, 1.54) is 6.07 Å². The molecule has 0 amide bonds. The molecule has 0 aliphatic carbocycles. The van der Waals surface area contributed by atoms with Gasteiger partial charge in [0.1, 0.15) is 4.90 Å². The minimum absolute atomic E-state index is 0.101. The van der Waals surface area contributed by atoms with Crippen LogP contribution in [0, 0.1) is 0 Å². The number of nitrogens with one attached hydrogen (secondary N) is 1. The van der Waals surface area contributed by atoms with E-state index in [0.29, 0.717) is 19.4 Å². The molecule has 0 saturated carbocycles. The van der Waals surface area contributed by atoms with E-state index in [9.17, 15) is 8.42 Å². The molecule has 0 spiro atoms. The maximum absolute atomic E-state index is 11.8. The zero-order chi connectivity index (χ0) is 12.7. The van der Waals surface area contributed by atoms with Crippen LogP contribution in [0.4, 0.5) is 0 Å². The van der Waals surface area contributed by atoms with Crippen LogP contribution in [0.3, 0.4) is 0 Å². The molecule has 0 radical (unpaired) electrons. The molecule has 0 unspecified atom stereocenters. The molecule has 0 bridgehead atoms. The molecule has 6 heteroatoms. The van der Waals surface area contributed by atoms with Crippen LogP contribution < -0.4 is 4.72 Å². The van der Waals surface area contributed by atoms with Crippen molar-refractivity contribution >= 4 is 21.6 Å². The predicted molar refractivity (Wildman–Crippen MR) is 67.6 cm³/mol. The summed E-state index contributed by atoms with van der Waals surface area (Å²) in [5.74, 6) is 0. The van der Waals surface area contributed by atoms with Crippen molar-refractivity contribution in [3.63, 3.8) is 0 Å². The van der Waals surface area contributed by atoms with Crippen molar-refractivity contribution in [2.45, 2.75) is 24.2 Å². The van der Waals surface area contributed by atoms with E-state index < -0.39 is 10.0 Å². The Bertz CT molecular complexity index is 448. The number of aliphatic hydroxyl groups excluding tert-OH is 1. The van der Waals surface area contributed by atoms with Crippen molar-refractivity contribution in [1.82, 2.24) is 4.72 Å². The fraction of sp³-hybridized carbons (Fsp3) is 0.455. The van der Waals surface area contributed by atoms with Crippen LogP contribution in [0.1, 0.15) is 19.3 Å². The molecule has 4 nitrogen and oxygen atoms in total. The van der Waals surface area contributed by atoms with E-state index in [1.807, 2.05) is 0 Å². The Morgan fingerprint density at radius 2 is 1.88 bits per heavy atom. The average molecular weight is 278 g/mol. The second kappa shape index (κ2) is 6.96. The van der Waals surface area contributed by atoms with Crippen molar-refractivity contribution in [2.24, 2.45) is 0 Å². The van der Waals surface area contributed by atoms with Gasteiger partial charge in [-0.3, -0.25) is 0 Å². The molecule has 0 aromatic heterocycles. The van der Waals surface area contributed by atoms with Gasteiger partial charge in [0, 0.05) is 13.2 Å². The number of hydrogen-bond donors (Lipinski definition) is 2. The molecule has 96 valence electrons. The van der Waals surface area contributed by atoms with Gasteiger partial charge in [0.2, 0.25) is 10.0 Å². The SMILES string of the molecule is O=S(=O)(NCCCCCO)c1ccccc1Cl. The lowest BCUT2D eigenvalue weighted by molar-refractivity contribution is 0.283. The minimum Gasteiger partial charge on any atom is -0.396 e. The van der Waals surface area contributed by atoms with Crippen LogP contribution in [-0.4, -0.2) is 26.7 Å². The smallest absolute Gasteiger partial charge is 0.242 e. The average Bonchev–Trinajstić information content (AvgIpc) is 2.29. The van der Waals surface area contributed by atoms with Gasteiger partial charge in [-0.05, 0) is 31.4 Å². The Kier molecular flexibility index (Phi) is 5.91. The van der Waals surface area contributed by atoms with Gasteiger partial charge in [0.15, 0.2) is 0 Å². The zero-order valence-electron chi connectivity index (χ0n) is 9.39. The highest BCUT2D eigenvalue weighted by atomic mass is 35.5. The fourth-order valence-corrected chi connectivity index (χ4v) is 2.95. The van der Waals surface area contributed by atoms with E-state index in [1.54, 1.807) is 18.2 Å². The second-order valence-electron chi connectivity index (χ2n) is 3.61. The summed E-state index contributed by atoms with van der Waals surface area (Å²) in [5, 5.41) is 8.80. The summed E-state index contributed by atoms with van der Waals surface area (Å²) in [7, 11) is -3.52. The van der Waals surface area contributed by atoms with Gasteiger partial charge in [0.05, 0.1) is 5.02 Å². The summed E-state index contributed by atoms with van der Waals surface area (Å²) in [6.45, 7) is 0.491. The lowest BCUT2D eigenvalue weighted by Gasteiger charge is -2.07. The number of unbranched alkanes of at least 4 members (excludes halogenated alkanes) is 2. The van der Waals surface area contributed by atoms with Crippen molar-refractivity contribution in [3.8, 4) is 0 Å². The maximum atomic E-state index is 11.8. The summed E-state index contributed by atoms with van der Waals surface area (Å²) >= 11 is 5.82. The molecule has 0 aliphatic rings. The van der Waals surface area contributed by atoms with Gasteiger partial charge in [-0.1, -0.05) is 23.7 Å². The number of halogens is 1. The number of rotatable bonds is 7. The molecular weight excluding hydrogens is 262 g/mol. The topological polar surface area (TPSA) is 66.4 Å². The van der Waals surface area contributed by atoms with E-state index in [0.717, 1.165) is 6.42 Å². The van der Waals surface area contributed by atoms with E-state index in [4.69, 9.17) is 16.7 Å². The van der Waals surface area contributed by atoms with Crippen molar-refractivity contribution in [1.29, 1.82) is 0 Å². The van der Waals surface area contributed by atoms with Gasteiger partial charge in [-0.2, -0.15) is 0 Å². The van der Waals surface area contributed by atoms with E-state index in [-0.39, 0.29) is 16.5 Å². The molecule has 1 rings (SSSR count). The highest BCUT2D eigenvalue weighted by Gasteiger charge is 2.15. The lowest BCUT2D eigenvalue weighted by Crippen LogP contribution is -2.25. The Balaban J connectivity index is 2.55. The Labute approximate surface area is 107 Å². The molecule has 0 heterocycles. The largest absolute Gasteiger partial charge is 0.396 e. The van der Waals surface area contributed by atoms with Crippen LogP contribution in [0.2, 0.25) is 5.02 Å². The van der Waals surface area contributed by atoms with Crippen LogP contribution in [0.15, 0.2) is 29.2 Å². The van der Waals surface area contributed by atoms with Crippen LogP contribution in [-0.2, 0) is 10.0 Å². The first-order valence-corrected chi connectivity index (χ1v) is 7.29. The van der Waals surface area contributed by atoms with Crippen LogP contribution in [0.25, 0.3) is 0 Å². The number of benzene rings is 1. The molecule has 0 fully saturated rings. The summed E-state index contributed by atoms with van der Waals surface area (Å²) in [6.07, 6.45) is 2.18. The third kappa shape index (κ3) is 4.63.